The van der Waals surface area contributed by atoms with Gasteiger partial charge in [0, 0.05) is 10.4 Å². The molecule has 1 heterocycles. The second-order valence-electron chi connectivity index (χ2n) is 4.48. The quantitative estimate of drug-likeness (QED) is 0.805. The highest BCUT2D eigenvalue weighted by Gasteiger charge is 2.38. The number of thiophene rings is 1. The van der Waals surface area contributed by atoms with Gasteiger partial charge in [0.05, 0.1) is 6.04 Å². The summed E-state index contributed by atoms with van der Waals surface area (Å²) < 4.78 is 0. The standard InChI is InChI=1S/C14H26N2S/c1-5-14(6-2,16(7-3)8-4)13(15)12-10-9-11-17-12/h9-11,13H,5-8,15H2,1-4H3. The molecule has 2 N–H and O–H groups in total. The molecule has 0 spiro atoms. The lowest BCUT2D eigenvalue weighted by atomic mass is 9.82. The Morgan fingerprint density at radius 3 is 2.18 bits per heavy atom. The van der Waals surface area contributed by atoms with Crippen LogP contribution in [0.5, 0.6) is 0 Å². The average Bonchev–Trinajstić information content (AvgIpc) is 2.89. The molecular formula is C14H26N2S. The van der Waals surface area contributed by atoms with Gasteiger partial charge in [0.25, 0.3) is 0 Å². The first kappa shape index (κ1) is 14.7. The van der Waals surface area contributed by atoms with E-state index in [2.05, 4.69) is 50.1 Å². The molecule has 0 aliphatic rings. The fourth-order valence-electron chi connectivity index (χ4n) is 2.92. The molecule has 0 saturated heterocycles. The van der Waals surface area contributed by atoms with E-state index >= 15 is 0 Å². The predicted molar refractivity (Wildman–Crippen MR) is 77.5 cm³/mol. The SMILES string of the molecule is CCN(CC)C(CC)(CC)C(N)c1cccs1. The van der Waals surface area contributed by atoms with Gasteiger partial charge in [0.2, 0.25) is 0 Å². The molecule has 1 unspecified atom stereocenters. The van der Waals surface area contributed by atoms with Crippen molar-refractivity contribution in [3.05, 3.63) is 22.4 Å². The highest BCUT2D eigenvalue weighted by molar-refractivity contribution is 7.10. The van der Waals surface area contributed by atoms with Crippen LogP contribution in [-0.4, -0.2) is 23.5 Å². The van der Waals surface area contributed by atoms with Crippen LogP contribution in [0.15, 0.2) is 17.5 Å². The summed E-state index contributed by atoms with van der Waals surface area (Å²) in [5, 5.41) is 2.12. The van der Waals surface area contributed by atoms with E-state index < -0.39 is 0 Å². The third kappa shape index (κ3) is 2.72. The van der Waals surface area contributed by atoms with E-state index in [1.165, 1.54) is 4.88 Å². The van der Waals surface area contributed by atoms with Crippen LogP contribution in [0.4, 0.5) is 0 Å². The number of hydrogen-bond acceptors (Lipinski definition) is 3. The van der Waals surface area contributed by atoms with Crippen LogP contribution in [0.2, 0.25) is 0 Å². The van der Waals surface area contributed by atoms with Gasteiger partial charge in [0.15, 0.2) is 0 Å². The van der Waals surface area contributed by atoms with E-state index in [1.807, 2.05) is 0 Å². The lowest BCUT2D eigenvalue weighted by molar-refractivity contribution is 0.0636. The zero-order valence-corrected chi connectivity index (χ0v) is 12.4. The van der Waals surface area contributed by atoms with Gasteiger partial charge in [-0.05, 0) is 37.4 Å². The van der Waals surface area contributed by atoms with Crippen molar-refractivity contribution in [3.63, 3.8) is 0 Å². The third-order valence-corrected chi connectivity index (χ3v) is 5.00. The Hall–Kier alpha value is -0.380. The average molecular weight is 254 g/mol. The monoisotopic (exact) mass is 254 g/mol. The van der Waals surface area contributed by atoms with E-state index in [-0.39, 0.29) is 11.6 Å². The molecule has 0 fully saturated rings. The fraction of sp³-hybridized carbons (Fsp3) is 0.714. The molecule has 0 aromatic carbocycles. The van der Waals surface area contributed by atoms with E-state index in [9.17, 15) is 0 Å². The van der Waals surface area contributed by atoms with E-state index in [1.54, 1.807) is 11.3 Å². The molecule has 0 bridgehead atoms. The predicted octanol–water partition coefficient (Wildman–Crippen LogP) is 3.65. The molecule has 1 aromatic rings. The zero-order chi connectivity index (χ0) is 12.9. The fourth-order valence-corrected chi connectivity index (χ4v) is 3.76. The molecular weight excluding hydrogens is 228 g/mol. The highest BCUT2D eigenvalue weighted by Crippen LogP contribution is 2.37. The molecule has 0 aliphatic carbocycles. The smallest absolute Gasteiger partial charge is 0.0576 e. The van der Waals surface area contributed by atoms with Crippen molar-refractivity contribution < 1.29 is 0 Å². The van der Waals surface area contributed by atoms with E-state index in [0.717, 1.165) is 25.9 Å². The lowest BCUT2D eigenvalue weighted by Gasteiger charge is -2.46. The largest absolute Gasteiger partial charge is 0.322 e. The van der Waals surface area contributed by atoms with Crippen LogP contribution in [0, 0.1) is 0 Å². The van der Waals surface area contributed by atoms with Gasteiger partial charge in [0.1, 0.15) is 0 Å². The van der Waals surface area contributed by atoms with Gasteiger partial charge >= 0.3 is 0 Å². The van der Waals surface area contributed by atoms with Gasteiger partial charge in [-0.1, -0.05) is 33.8 Å². The van der Waals surface area contributed by atoms with Crippen LogP contribution in [0.25, 0.3) is 0 Å². The number of nitrogens with zero attached hydrogens (tertiary/aromatic N) is 1. The summed E-state index contributed by atoms with van der Waals surface area (Å²) in [6, 6.07) is 4.38. The van der Waals surface area contributed by atoms with Gasteiger partial charge in [-0.25, -0.2) is 0 Å². The summed E-state index contributed by atoms with van der Waals surface area (Å²) >= 11 is 1.78. The molecule has 0 saturated carbocycles. The molecule has 3 heteroatoms. The molecule has 0 radical (unpaired) electrons. The first-order chi connectivity index (χ1) is 8.16. The first-order valence-corrected chi connectivity index (χ1v) is 7.58. The Morgan fingerprint density at radius 2 is 1.82 bits per heavy atom. The minimum atomic E-state index is 0.106. The van der Waals surface area contributed by atoms with Crippen LogP contribution >= 0.6 is 11.3 Å². The molecule has 1 aromatic heterocycles. The van der Waals surface area contributed by atoms with Gasteiger partial charge in [-0.3, -0.25) is 4.90 Å². The number of rotatable bonds is 7. The highest BCUT2D eigenvalue weighted by atomic mass is 32.1. The Labute approximate surface area is 110 Å². The maximum Gasteiger partial charge on any atom is 0.0576 e. The zero-order valence-electron chi connectivity index (χ0n) is 11.6. The van der Waals surface area contributed by atoms with Gasteiger partial charge in [-0.2, -0.15) is 0 Å². The summed E-state index contributed by atoms with van der Waals surface area (Å²) in [5.41, 5.74) is 6.67. The van der Waals surface area contributed by atoms with Crippen LogP contribution in [0.1, 0.15) is 51.5 Å². The maximum atomic E-state index is 6.56. The van der Waals surface area contributed by atoms with Gasteiger partial charge < -0.3 is 5.73 Å². The van der Waals surface area contributed by atoms with Crippen molar-refractivity contribution in [2.75, 3.05) is 13.1 Å². The van der Waals surface area contributed by atoms with Gasteiger partial charge in [-0.15, -0.1) is 11.3 Å². The Morgan fingerprint density at radius 1 is 1.24 bits per heavy atom. The maximum absolute atomic E-state index is 6.56. The van der Waals surface area contributed by atoms with Crippen LogP contribution < -0.4 is 5.73 Å². The summed E-state index contributed by atoms with van der Waals surface area (Å²) in [4.78, 5) is 3.83. The topological polar surface area (TPSA) is 29.3 Å². The lowest BCUT2D eigenvalue weighted by Crippen LogP contribution is -2.54. The summed E-state index contributed by atoms with van der Waals surface area (Å²) in [6.45, 7) is 11.1. The number of likely N-dealkylation sites (N-methyl/N-ethyl adjacent to an activating group) is 1. The molecule has 98 valence electrons. The van der Waals surface area contributed by atoms with Crippen molar-refractivity contribution in [1.82, 2.24) is 4.90 Å². The van der Waals surface area contributed by atoms with Crippen molar-refractivity contribution in [3.8, 4) is 0 Å². The third-order valence-electron chi connectivity index (χ3n) is 4.05. The van der Waals surface area contributed by atoms with Crippen LogP contribution in [-0.2, 0) is 0 Å². The molecule has 17 heavy (non-hydrogen) atoms. The second-order valence-corrected chi connectivity index (χ2v) is 5.46. The Balaban J connectivity index is 3.05. The van der Waals surface area contributed by atoms with E-state index in [0.29, 0.717) is 0 Å². The molecule has 0 amide bonds. The summed E-state index contributed by atoms with van der Waals surface area (Å²) in [7, 11) is 0. The summed E-state index contributed by atoms with van der Waals surface area (Å²) in [5.74, 6) is 0. The van der Waals surface area contributed by atoms with E-state index in [4.69, 9.17) is 5.73 Å². The summed E-state index contributed by atoms with van der Waals surface area (Å²) in [6.07, 6.45) is 2.20. The van der Waals surface area contributed by atoms with Crippen molar-refractivity contribution in [1.29, 1.82) is 0 Å². The number of hydrogen-bond donors (Lipinski definition) is 1. The molecule has 1 rings (SSSR count). The molecule has 1 atom stereocenters. The second kappa shape index (κ2) is 6.53. The Bertz CT molecular complexity index is 300. The normalized spacial score (nSPS) is 14.2. The van der Waals surface area contributed by atoms with Crippen molar-refractivity contribution in [2.45, 2.75) is 52.1 Å². The first-order valence-electron chi connectivity index (χ1n) is 6.70. The minimum Gasteiger partial charge on any atom is -0.322 e. The molecule has 2 nitrogen and oxygen atoms in total. The van der Waals surface area contributed by atoms with Crippen molar-refractivity contribution in [2.24, 2.45) is 5.73 Å². The molecule has 0 aliphatic heterocycles. The Kier molecular flexibility index (Phi) is 5.63. The van der Waals surface area contributed by atoms with Crippen molar-refractivity contribution >= 4 is 11.3 Å². The van der Waals surface area contributed by atoms with Crippen LogP contribution in [0.3, 0.4) is 0 Å². The minimum absolute atomic E-state index is 0.106. The number of nitrogens with two attached hydrogens (primary N) is 1.